The molecule has 0 aromatic carbocycles. The molecular weight excluding hydrogens is 992 g/mol. The van der Waals surface area contributed by atoms with Crippen LogP contribution in [-0.4, -0.2) is 88.1 Å². The summed E-state index contributed by atoms with van der Waals surface area (Å²) in [4.78, 5) is 48.8. The summed E-state index contributed by atoms with van der Waals surface area (Å²) in [6.07, 6.45) is -2.04. The fourth-order valence-corrected chi connectivity index (χ4v) is 14.1. The molecule has 0 amide bonds. The van der Waals surface area contributed by atoms with Crippen LogP contribution in [0.15, 0.2) is 23.0 Å². The Kier molecular flexibility index (Phi) is 28.5. The first kappa shape index (κ1) is 52.8. The molecule has 2 aliphatic rings. The Balaban J connectivity index is 0.0000125. The molecule has 2 aliphatic heterocycles. The molecule has 0 aromatic rings. The maximum Gasteiger partial charge on any atom is 0.378 e. The molecule has 0 N–H and O–H groups in total. The third kappa shape index (κ3) is 17.5. The molecule has 0 aliphatic carbocycles. The number of carbonyl (C=O) groups is 4. The Morgan fingerprint density at radius 2 is 1.18 bits per heavy atom. The van der Waals surface area contributed by atoms with E-state index in [1.54, 1.807) is 0 Å². The van der Waals surface area contributed by atoms with Gasteiger partial charge in [-0.05, 0) is 51.1 Å². The zero-order valence-electron chi connectivity index (χ0n) is 28.6. The van der Waals surface area contributed by atoms with Crippen LogP contribution in [0.25, 0.3) is 0 Å². The summed E-state index contributed by atoms with van der Waals surface area (Å²) in [5, 5.41) is 0. The standard InChI is InChI=1S/C24H44O16P6Si3.2Y/c1-47(9-5-7-15(25)29-11-13(33-41)17-19(35-43)21(37-45)23(27)31-17)39-48(2)40-49(3,4)10-6-8-16(26)30-12-14(34-42)18-20(36-44)22(38-46)24(28)32-18;;/h13-14,17-18H,5-12,41-46H2,1-4H3;;/t13?,14?,17-,18-;;/m1../s1. The number of esters is 4. The molecule has 10 atom stereocenters. The van der Waals surface area contributed by atoms with Crippen LogP contribution in [0.5, 0.6) is 0 Å². The minimum absolute atomic E-state index is 0. The van der Waals surface area contributed by atoms with Crippen LogP contribution < -0.4 is 0 Å². The molecule has 2 rings (SSSR count). The van der Waals surface area contributed by atoms with Crippen molar-refractivity contribution in [3.05, 3.63) is 23.0 Å². The van der Waals surface area contributed by atoms with Crippen LogP contribution in [0, 0.1) is 0 Å². The van der Waals surface area contributed by atoms with Crippen molar-refractivity contribution in [2.75, 3.05) is 13.2 Å². The summed E-state index contributed by atoms with van der Waals surface area (Å²) in [5.41, 5.74) is 0. The van der Waals surface area contributed by atoms with Crippen molar-refractivity contribution in [2.24, 2.45) is 0 Å². The van der Waals surface area contributed by atoms with Gasteiger partial charge < -0.3 is 54.3 Å². The van der Waals surface area contributed by atoms with E-state index in [-0.39, 0.29) is 115 Å². The Morgan fingerprint density at radius 1 is 0.745 bits per heavy atom. The Labute approximate surface area is 367 Å². The Morgan fingerprint density at radius 3 is 1.57 bits per heavy atom. The zero-order chi connectivity index (χ0) is 36.7. The van der Waals surface area contributed by atoms with Crippen molar-refractivity contribution in [1.29, 1.82) is 0 Å². The number of ether oxygens (including phenoxy) is 4. The van der Waals surface area contributed by atoms with Crippen molar-refractivity contribution < 1.29 is 139 Å². The number of hydrogen-bond donors (Lipinski definition) is 0. The van der Waals surface area contributed by atoms with E-state index in [0.717, 1.165) is 0 Å². The summed E-state index contributed by atoms with van der Waals surface area (Å²) in [6.45, 7) is 7.77. The normalized spacial score (nSPS) is 18.4. The van der Waals surface area contributed by atoms with E-state index in [2.05, 4.69) is 32.0 Å². The van der Waals surface area contributed by atoms with Gasteiger partial charge in [0, 0.05) is 97.2 Å². The van der Waals surface area contributed by atoms with E-state index in [9.17, 15) is 19.2 Å². The van der Waals surface area contributed by atoms with Crippen LogP contribution in [0.3, 0.4) is 0 Å². The van der Waals surface area contributed by atoms with Crippen molar-refractivity contribution in [2.45, 2.75) is 88.4 Å². The number of carbonyl (C=O) groups excluding carboxylic acids is 4. The molecule has 27 heteroatoms. The first-order chi connectivity index (χ1) is 23.2. The van der Waals surface area contributed by atoms with Crippen LogP contribution in [-0.2, 0) is 139 Å². The second kappa shape index (κ2) is 27.5. The van der Waals surface area contributed by atoms with Gasteiger partial charge in [0.15, 0.2) is 41.1 Å². The van der Waals surface area contributed by atoms with Gasteiger partial charge in [-0.1, -0.05) is 0 Å². The average Bonchev–Trinajstić information content (AvgIpc) is 3.55. The quantitative estimate of drug-likeness (QED) is 0.0594. The van der Waals surface area contributed by atoms with E-state index in [1.807, 2.05) is 51.0 Å². The molecule has 0 aromatic heterocycles. The first-order valence-corrected chi connectivity index (χ1v) is 24.6. The van der Waals surface area contributed by atoms with Crippen molar-refractivity contribution >= 4 is 107 Å². The minimum Gasteiger partial charge on any atom is -0.476 e. The second-order valence-corrected chi connectivity index (χ2v) is 21.1. The van der Waals surface area contributed by atoms with Crippen LogP contribution in [0.2, 0.25) is 38.3 Å². The monoisotopic (exact) mass is 1040 g/mol. The van der Waals surface area contributed by atoms with Gasteiger partial charge in [-0.2, -0.15) is 0 Å². The van der Waals surface area contributed by atoms with Crippen molar-refractivity contribution in [3.63, 3.8) is 0 Å². The molecule has 0 spiro atoms. The van der Waals surface area contributed by atoms with E-state index >= 15 is 0 Å². The van der Waals surface area contributed by atoms with Crippen molar-refractivity contribution in [1.82, 2.24) is 0 Å². The van der Waals surface area contributed by atoms with Gasteiger partial charge >= 0.3 is 33.2 Å². The number of hydrogen-bond acceptors (Lipinski definition) is 16. The van der Waals surface area contributed by atoms with Crippen molar-refractivity contribution in [3.8, 4) is 0 Å². The predicted molar refractivity (Wildman–Crippen MR) is 199 cm³/mol. The summed E-state index contributed by atoms with van der Waals surface area (Å²) >= 11 is 0. The molecule has 0 saturated carbocycles. The van der Waals surface area contributed by atoms with Gasteiger partial charge in [0.05, 0.1) is 37.9 Å². The van der Waals surface area contributed by atoms with Gasteiger partial charge in [0.2, 0.25) is 11.5 Å². The van der Waals surface area contributed by atoms with Gasteiger partial charge in [-0.15, -0.1) is 0 Å². The molecular formula is C24H44O16P6Si3Y2. The third-order valence-corrected chi connectivity index (χ3v) is 17.1. The Hall–Kier alpha value is 1.84. The second-order valence-electron chi connectivity index (χ2n) is 11.1. The van der Waals surface area contributed by atoms with Gasteiger partial charge in [-0.3, -0.25) is 9.59 Å². The maximum atomic E-state index is 12.4. The minimum atomic E-state index is -2.15. The fourth-order valence-electron chi connectivity index (χ4n) is 4.64. The van der Waals surface area contributed by atoms with Gasteiger partial charge in [-0.25, -0.2) is 9.59 Å². The number of rotatable bonds is 24. The largest absolute Gasteiger partial charge is 0.476 e. The molecule has 0 bridgehead atoms. The van der Waals surface area contributed by atoms with Crippen LogP contribution >= 0.6 is 56.8 Å². The molecule has 51 heavy (non-hydrogen) atoms. The van der Waals surface area contributed by atoms with Gasteiger partial charge in [0.1, 0.15) is 25.4 Å². The summed E-state index contributed by atoms with van der Waals surface area (Å²) in [6, 6.07) is 1.42. The first-order valence-electron chi connectivity index (χ1n) is 14.7. The topological polar surface area (TPSA) is 179 Å². The fraction of sp³-hybridized carbons (Fsp3) is 0.667. The molecule has 2 heterocycles. The van der Waals surface area contributed by atoms with E-state index < -0.39 is 74.9 Å². The summed E-state index contributed by atoms with van der Waals surface area (Å²) in [5.74, 6) is -2.30. The maximum absolute atomic E-state index is 12.4. The zero-order valence-corrected chi connectivity index (χ0v) is 44.2. The molecule has 284 valence electrons. The van der Waals surface area contributed by atoms with E-state index in [0.29, 0.717) is 24.9 Å². The molecule has 16 nitrogen and oxygen atoms in total. The predicted octanol–water partition coefficient (Wildman–Crippen LogP) is 3.46. The Bertz CT molecular complexity index is 1230. The third-order valence-electron chi connectivity index (χ3n) is 6.94. The SMILES string of the molecule is C[Si](CCCC(=O)OCC(OP)[C@H]1OC(=O)C(OP)=C1OP)O[Si](C)O[Si](C)(C)CCCC(=O)OCC(OP)[C@H]1OC(=O)C(OP)=C1OP.[Y].[Y]. The number of cyclic esters (lactones) is 2. The molecule has 0 saturated heterocycles. The van der Waals surface area contributed by atoms with E-state index in [1.165, 1.54) is 0 Å². The average molecular weight is 1040 g/mol. The molecule has 0 fully saturated rings. The van der Waals surface area contributed by atoms with Crippen LogP contribution in [0.1, 0.15) is 25.7 Å². The summed E-state index contributed by atoms with van der Waals surface area (Å²) in [7, 11) is 7.13. The van der Waals surface area contributed by atoms with Gasteiger partial charge in [0.25, 0.3) is 0 Å². The molecule has 8 unspecified atom stereocenters. The molecule has 4 radical (unpaired) electrons. The summed E-state index contributed by atoms with van der Waals surface area (Å²) < 4.78 is 64.5. The van der Waals surface area contributed by atoms with Crippen LogP contribution in [0.4, 0.5) is 0 Å². The van der Waals surface area contributed by atoms with E-state index in [4.69, 9.17) is 54.3 Å². The smallest absolute Gasteiger partial charge is 0.378 e.